The molecule has 0 radical (unpaired) electrons. The normalized spacial score (nSPS) is 10.4. The molecule has 0 atom stereocenters. The van der Waals surface area contributed by atoms with Crippen LogP contribution in [0, 0.1) is 11.6 Å². The maximum absolute atomic E-state index is 13.2. The second-order valence-corrected chi connectivity index (χ2v) is 5.17. The Morgan fingerprint density at radius 1 is 0.958 bits per heavy atom. The van der Waals surface area contributed by atoms with Crippen molar-refractivity contribution in [2.45, 2.75) is 6.42 Å². The van der Waals surface area contributed by atoms with Gasteiger partial charge in [-0.25, -0.2) is 13.8 Å². The Labute approximate surface area is 137 Å². The molecule has 1 amide bonds. The van der Waals surface area contributed by atoms with Crippen molar-refractivity contribution >= 4 is 11.7 Å². The van der Waals surface area contributed by atoms with Crippen LogP contribution < -0.4 is 5.32 Å². The minimum absolute atomic E-state index is 0.279. The van der Waals surface area contributed by atoms with Gasteiger partial charge in [-0.15, -0.1) is 0 Å². The third-order valence-corrected chi connectivity index (χ3v) is 3.40. The van der Waals surface area contributed by atoms with E-state index in [1.165, 1.54) is 18.5 Å². The lowest BCUT2D eigenvalue weighted by Gasteiger charge is -2.06. The Morgan fingerprint density at radius 2 is 1.71 bits per heavy atom. The van der Waals surface area contributed by atoms with Crippen LogP contribution in [0.2, 0.25) is 0 Å². The summed E-state index contributed by atoms with van der Waals surface area (Å²) in [5.74, 6) is -1.61. The molecule has 0 spiro atoms. The summed E-state index contributed by atoms with van der Waals surface area (Å²) in [5, 5.41) is 2.68. The number of hydrogen-bond donors (Lipinski definition) is 1. The van der Waals surface area contributed by atoms with Gasteiger partial charge < -0.3 is 5.32 Å². The van der Waals surface area contributed by atoms with E-state index in [9.17, 15) is 13.6 Å². The van der Waals surface area contributed by atoms with Crippen LogP contribution in [0.5, 0.6) is 0 Å². The van der Waals surface area contributed by atoms with Crippen LogP contribution in [0.15, 0.2) is 61.1 Å². The molecular weight excluding hydrogens is 312 g/mol. The minimum atomic E-state index is -0.873. The molecular formula is C18H13F2N3O. The van der Waals surface area contributed by atoms with Crippen LogP contribution in [0.3, 0.4) is 0 Å². The maximum atomic E-state index is 13.2. The number of amides is 1. The second kappa shape index (κ2) is 6.95. The van der Waals surface area contributed by atoms with Crippen LogP contribution in [0.4, 0.5) is 14.6 Å². The van der Waals surface area contributed by atoms with Crippen molar-refractivity contribution in [3.8, 4) is 0 Å². The van der Waals surface area contributed by atoms with E-state index in [0.29, 0.717) is 23.4 Å². The van der Waals surface area contributed by atoms with Gasteiger partial charge in [0.15, 0.2) is 11.6 Å². The first kappa shape index (κ1) is 15.7. The number of nitrogens with zero attached hydrogens (tertiary/aromatic N) is 2. The largest absolute Gasteiger partial charge is 0.307 e. The summed E-state index contributed by atoms with van der Waals surface area (Å²) in [6.07, 6.45) is 5.08. The molecule has 2 aromatic heterocycles. The number of anilines is 1. The molecule has 0 aliphatic rings. The van der Waals surface area contributed by atoms with E-state index in [0.717, 1.165) is 17.7 Å². The van der Waals surface area contributed by atoms with Gasteiger partial charge in [-0.3, -0.25) is 9.78 Å². The quantitative estimate of drug-likeness (QED) is 0.797. The van der Waals surface area contributed by atoms with Gasteiger partial charge in [0.05, 0.1) is 0 Å². The average Bonchev–Trinajstić information content (AvgIpc) is 2.61. The van der Waals surface area contributed by atoms with Gasteiger partial charge >= 0.3 is 0 Å². The summed E-state index contributed by atoms with van der Waals surface area (Å²) in [6, 6.07) is 10.4. The zero-order chi connectivity index (χ0) is 16.9. The number of rotatable bonds is 4. The number of aromatic nitrogens is 2. The highest BCUT2D eigenvalue weighted by atomic mass is 19.2. The highest BCUT2D eigenvalue weighted by molar-refractivity contribution is 6.03. The van der Waals surface area contributed by atoms with E-state index in [-0.39, 0.29) is 5.91 Å². The van der Waals surface area contributed by atoms with E-state index < -0.39 is 11.6 Å². The fourth-order valence-electron chi connectivity index (χ4n) is 2.18. The van der Waals surface area contributed by atoms with Crippen molar-refractivity contribution < 1.29 is 13.6 Å². The number of halogens is 2. The summed E-state index contributed by atoms with van der Waals surface area (Å²) >= 11 is 0. The van der Waals surface area contributed by atoms with E-state index >= 15 is 0 Å². The molecule has 1 aromatic carbocycles. The summed E-state index contributed by atoms with van der Waals surface area (Å²) in [5.41, 5.74) is 1.95. The lowest BCUT2D eigenvalue weighted by molar-refractivity contribution is 0.102. The molecule has 1 N–H and O–H groups in total. The molecule has 6 heteroatoms. The van der Waals surface area contributed by atoms with E-state index in [2.05, 4.69) is 15.3 Å². The van der Waals surface area contributed by atoms with Crippen molar-refractivity contribution in [1.82, 2.24) is 9.97 Å². The average molecular weight is 325 g/mol. The zero-order valence-corrected chi connectivity index (χ0v) is 12.5. The van der Waals surface area contributed by atoms with Crippen molar-refractivity contribution in [3.05, 3.63) is 89.4 Å². The molecule has 0 aliphatic heterocycles. The topological polar surface area (TPSA) is 54.9 Å². The Balaban J connectivity index is 1.67. The fourth-order valence-corrected chi connectivity index (χ4v) is 2.18. The van der Waals surface area contributed by atoms with Crippen LogP contribution >= 0.6 is 0 Å². The molecule has 3 rings (SSSR count). The van der Waals surface area contributed by atoms with Crippen molar-refractivity contribution in [3.63, 3.8) is 0 Å². The minimum Gasteiger partial charge on any atom is -0.307 e. The fraction of sp³-hybridized carbons (Fsp3) is 0.0556. The monoisotopic (exact) mass is 325 g/mol. The summed E-state index contributed by atoms with van der Waals surface area (Å²) < 4.78 is 26.1. The molecule has 0 bridgehead atoms. The van der Waals surface area contributed by atoms with Crippen LogP contribution in [0.25, 0.3) is 0 Å². The van der Waals surface area contributed by atoms with Gasteiger partial charge in [0, 0.05) is 24.2 Å². The molecule has 4 nitrogen and oxygen atoms in total. The number of benzene rings is 1. The number of carbonyl (C=O) groups is 1. The first-order valence-corrected chi connectivity index (χ1v) is 7.22. The van der Waals surface area contributed by atoms with Gasteiger partial charge in [-0.1, -0.05) is 12.1 Å². The molecule has 24 heavy (non-hydrogen) atoms. The molecule has 0 saturated carbocycles. The SMILES string of the molecule is O=C(Nc1ccc(Cc2ccc(F)c(F)c2)cn1)c1ccncc1. The van der Waals surface area contributed by atoms with Gasteiger partial charge in [0.1, 0.15) is 5.82 Å². The first-order chi connectivity index (χ1) is 11.6. The van der Waals surface area contributed by atoms with Crippen LogP contribution in [-0.2, 0) is 6.42 Å². The maximum Gasteiger partial charge on any atom is 0.256 e. The molecule has 0 saturated heterocycles. The number of nitrogens with one attached hydrogen (secondary N) is 1. The van der Waals surface area contributed by atoms with Crippen LogP contribution in [0.1, 0.15) is 21.5 Å². The van der Waals surface area contributed by atoms with Gasteiger partial charge in [-0.2, -0.15) is 0 Å². The first-order valence-electron chi connectivity index (χ1n) is 7.22. The highest BCUT2D eigenvalue weighted by Gasteiger charge is 2.07. The number of carbonyl (C=O) groups excluding carboxylic acids is 1. The van der Waals surface area contributed by atoms with Crippen molar-refractivity contribution in [2.75, 3.05) is 5.32 Å². The smallest absolute Gasteiger partial charge is 0.256 e. The molecule has 0 unspecified atom stereocenters. The van der Waals surface area contributed by atoms with Crippen molar-refractivity contribution in [1.29, 1.82) is 0 Å². The van der Waals surface area contributed by atoms with Crippen molar-refractivity contribution in [2.24, 2.45) is 0 Å². The van der Waals surface area contributed by atoms with Gasteiger partial charge in [-0.05, 0) is 47.9 Å². The standard InChI is InChI=1S/C18H13F2N3O/c19-15-3-1-12(10-16(15)20)9-13-2-4-17(22-11-13)23-18(24)14-5-7-21-8-6-14/h1-8,10-11H,9H2,(H,22,23,24). The molecule has 2 heterocycles. The molecule has 120 valence electrons. The lowest BCUT2D eigenvalue weighted by Crippen LogP contribution is -2.12. The van der Waals surface area contributed by atoms with Gasteiger partial charge in [0.2, 0.25) is 0 Å². The predicted molar refractivity (Wildman–Crippen MR) is 85.6 cm³/mol. The number of pyridine rings is 2. The van der Waals surface area contributed by atoms with E-state index in [1.807, 2.05) is 0 Å². The second-order valence-electron chi connectivity index (χ2n) is 5.17. The Kier molecular flexibility index (Phi) is 4.56. The summed E-state index contributed by atoms with van der Waals surface area (Å²) in [6.45, 7) is 0. The van der Waals surface area contributed by atoms with E-state index in [4.69, 9.17) is 0 Å². The Bertz CT molecular complexity index is 852. The van der Waals surface area contributed by atoms with Gasteiger partial charge in [0.25, 0.3) is 5.91 Å². The number of hydrogen-bond acceptors (Lipinski definition) is 3. The summed E-state index contributed by atoms with van der Waals surface area (Å²) in [4.78, 5) is 20.0. The highest BCUT2D eigenvalue weighted by Crippen LogP contribution is 2.14. The predicted octanol–water partition coefficient (Wildman–Crippen LogP) is 3.60. The third-order valence-electron chi connectivity index (χ3n) is 3.40. The van der Waals surface area contributed by atoms with Crippen LogP contribution in [-0.4, -0.2) is 15.9 Å². The zero-order valence-electron chi connectivity index (χ0n) is 12.5. The third kappa shape index (κ3) is 3.78. The Morgan fingerprint density at radius 3 is 2.38 bits per heavy atom. The molecule has 0 fully saturated rings. The van der Waals surface area contributed by atoms with E-state index in [1.54, 1.807) is 30.5 Å². The molecule has 3 aromatic rings. The lowest BCUT2D eigenvalue weighted by atomic mass is 10.1. The summed E-state index contributed by atoms with van der Waals surface area (Å²) in [7, 11) is 0. The Hall–Kier alpha value is -3.15. The molecule has 0 aliphatic carbocycles.